The molecule has 2 heterocycles. The van der Waals surface area contributed by atoms with Crippen LogP contribution in [-0.4, -0.2) is 15.3 Å². The summed E-state index contributed by atoms with van der Waals surface area (Å²) in [6.45, 7) is 3.50. The van der Waals surface area contributed by atoms with Crippen molar-refractivity contribution in [3.8, 4) is 0 Å². The largest absolute Gasteiger partial charge is 0.316 e. The van der Waals surface area contributed by atoms with Crippen molar-refractivity contribution in [3.63, 3.8) is 0 Å². The van der Waals surface area contributed by atoms with Crippen LogP contribution in [0.4, 0.5) is 10.1 Å². The van der Waals surface area contributed by atoms with Crippen LogP contribution in [0.2, 0.25) is 0 Å². The van der Waals surface area contributed by atoms with E-state index >= 15 is 0 Å². The van der Waals surface area contributed by atoms with Gasteiger partial charge in [0.1, 0.15) is 17.2 Å². The number of aromatic nitrogens is 2. The third-order valence-electron chi connectivity index (χ3n) is 3.48. The summed E-state index contributed by atoms with van der Waals surface area (Å²) in [6, 6.07) is 8.86. The molecule has 0 fully saturated rings. The van der Waals surface area contributed by atoms with Gasteiger partial charge >= 0.3 is 0 Å². The molecule has 0 bridgehead atoms. The smallest absolute Gasteiger partial charge is 0.281 e. The van der Waals surface area contributed by atoms with E-state index in [9.17, 15) is 14.0 Å². The normalized spacial score (nSPS) is 10.7. The van der Waals surface area contributed by atoms with Gasteiger partial charge in [0.05, 0.1) is 5.69 Å². The highest BCUT2D eigenvalue weighted by Gasteiger charge is 2.14. The number of nitrogens with zero attached hydrogens (tertiary/aromatic N) is 2. The number of fused-ring (bicyclic) bond motifs is 1. The van der Waals surface area contributed by atoms with Crippen molar-refractivity contribution in [2.75, 3.05) is 5.32 Å². The van der Waals surface area contributed by atoms with Gasteiger partial charge in [0.25, 0.3) is 11.5 Å². The zero-order chi connectivity index (χ0) is 16.6. The topological polar surface area (TPSA) is 63.5 Å². The molecule has 0 aliphatic carbocycles. The van der Waals surface area contributed by atoms with Gasteiger partial charge in [-0.25, -0.2) is 9.37 Å². The first kappa shape index (κ1) is 14.9. The van der Waals surface area contributed by atoms with Crippen LogP contribution >= 0.6 is 0 Å². The molecule has 3 rings (SSSR count). The van der Waals surface area contributed by atoms with Crippen LogP contribution < -0.4 is 10.9 Å². The number of benzene rings is 1. The molecule has 5 nitrogen and oxygen atoms in total. The van der Waals surface area contributed by atoms with E-state index in [2.05, 4.69) is 10.3 Å². The fourth-order valence-corrected chi connectivity index (χ4v) is 2.32. The van der Waals surface area contributed by atoms with E-state index in [4.69, 9.17) is 0 Å². The molecule has 6 heteroatoms. The average molecular weight is 311 g/mol. The standard InChI is InChI=1S/C17H14FN3O2/c1-10-6-7-14-19-11(2)15(17(23)21(14)9-10)20-16(22)12-4-3-5-13(18)8-12/h3-9H,1-2H3,(H,20,22). The Hall–Kier alpha value is -3.02. The van der Waals surface area contributed by atoms with E-state index in [-0.39, 0.29) is 16.8 Å². The quantitative estimate of drug-likeness (QED) is 0.791. The molecule has 0 saturated heterocycles. The minimum atomic E-state index is -0.556. The maximum absolute atomic E-state index is 13.2. The predicted octanol–water partition coefficient (Wildman–Crippen LogP) is 2.70. The summed E-state index contributed by atoms with van der Waals surface area (Å²) in [5, 5.41) is 2.53. The molecule has 0 saturated carbocycles. The third kappa shape index (κ3) is 2.83. The van der Waals surface area contributed by atoms with Crippen LogP contribution in [0.1, 0.15) is 21.6 Å². The van der Waals surface area contributed by atoms with Gasteiger partial charge in [-0.1, -0.05) is 12.1 Å². The lowest BCUT2D eigenvalue weighted by Crippen LogP contribution is -2.25. The summed E-state index contributed by atoms with van der Waals surface area (Å²) in [5.41, 5.74) is 1.65. The van der Waals surface area contributed by atoms with E-state index in [1.54, 1.807) is 19.2 Å². The van der Waals surface area contributed by atoms with Crippen LogP contribution in [0.25, 0.3) is 5.65 Å². The molecule has 1 amide bonds. The van der Waals surface area contributed by atoms with Crippen molar-refractivity contribution < 1.29 is 9.18 Å². The van der Waals surface area contributed by atoms with Crippen molar-refractivity contribution in [2.24, 2.45) is 0 Å². The first-order chi connectivity index (χ1) is 11.0. The molecule has 0 unspecified atom stereocenters. The molecular formula is C17H14FN3O2. The van der Waals surface area contributed by atoms with Crippen LogP contribution in [0, 0.1) is 19.7 Å². The Morgan fingerprint density at radius 1 is 1.22 bits per heavy atom. The SMILES string of the molecule is Cc1ccc2nc(C)c(NC(=O)c3cccc(F)c3)c(=O)n2c1. The van der Waals surface area contributed by atoms with Gasteiger partial charge in [-0.15, -0.1) is 0 Å². The second-order valence-corrected chi connectivity index (χ2v) is 5.28. The van der Waals surface area contributed by atoms with Gasteiger partial charge in [0, 0.05) is 11.8 Å². The van der Waals surface area contributed by atoms with Gasteiger partial charge in [0.15, 0.2) is 0 Å². The molecule has 0 aliphatic heterocycles. The molecule has 0 aliphatic rings. The highest BCUT2D eigenvalue weighted by atomic mass is 19.1. The highest BCUT2D eigenvalue weighted by Crippen LogP contribution is 2.12. The molecule has 116 valence electrons. The molecule has 1 N–H and O–H groups in total. The van der Waals surface area contributed by atoms with E-state index in [1.807, 2.05) is 13.0 Å². The van der Waals surface area contributed by atoms with Crippen LogP contribution in [0.5, 0.6) is 0 Å². The minimum Gasteiger partial charge on any atom is -0.316 e. The summed E-state index contributed by atoms with van der Waals surface area (Å²) >= 11 is 0. The number of halogens is 1. The van der Waals surface area contributed by atoms with Crippen molar-refractivity contribution in [1.82, 2.24) is 9.38 Å². The van der Waals surface area contributed by atoms with E-state index in [0.29, 0.717) is 11.3 Å². The fraction of sp³-hybridized carbons (Fsp3) is 0.118. The number of carbonyl (C=O) groups is 1. The van der Waals surface area contributed by atoms with Gasteiger partial charge in [-0.3, -0.25) is 14.0 Å². The monoisotopic (exact) mass is 311 g/mol. The highest BCUT2D eigenvalue weighted by molar-refractivity contribution is 6.04. The van der Waals surface area contributed by atoms with Gasteiger partial charge in [0.2, 0.25) is 0 Å². The maximum atomic E-state index is 13.2. The molecule has 0 atom stereocenters. The van der Waals surface area contributed by atoms with Crippen molar-refractivity contribution in [1.29, 1.82) is 0 Å². The number of amides is 1. The van der Waals surface area contributed by atoms with Crippen molar-refractivity contribution >= 4 is 17.2 Å². The number of hydrogen-bond acceptors (Lipinski definition) is 3. The molecule has 2 aromatic heterocycles. The van der Waals surface area contributed by atoms with Crippen LogP contribution in [0.15, 0.2) is 47.4 Å². The summed E-state index contributed by atoms with van der Waals surface area (Å²) in [5.74, 6) is -1.07. The van der Waals surface area contributed by atoms with Crippen LogP contribution in [0.3, 0.4) is 0 Å². The average Bonchev–Trinajstić information content (AvgIpc) is 2.52. The summed E-state index contributed by atoms with van der Waals surface area (Å²) in [4.78, 5) is 29.1. The van der Waals surface area contributed by atoms with Gasteiger partial charge in [-0.05, 0) is 43.7 Å². The Morgan fingerprint density at radius 3 is 2.74 bits per heavy atom. The Kier molecular flexibility index (Phi) is 3.65. The molecule has 3 aromatic rings. The summed E-state index contributed by atoms with van der Waals surface area (Å²) < 4.78 is 14.6. The maximum Gasteiger partial charge on any atom is 0.281 e. The molecular weight excluding hydrogens is 297 g/mol. The van der Waals surface area contributed by atoms with Crippen molar-refractivity contribution in [3.05, 3.63) is 75.6 Å². The van der Waals surface area contributed by atoms with Crippen LogP contribution in [-0.2, 0) is 0 Å². The van der Waals surface area contributed by atoms with E-state index < -0.39 is 11.7 Å². The van der Waals surface area contributed by atoms with E-state index in [1.165, 1.54) is 22.6 Å². The zero-order valence-corrected chi connectivity index (χ0v) is 12.6. The number of rotatable bonds is 2. The van der Waals surface area contributed by atoms with Crippen molar-refractivity contribution in [2.45, 2.75) is 13.8 Å². The lowest BCUT2D eigenvalue weighted by molar-refractivity contribution is 0.102. The molecule has 23 heavy (non-hydrogen) atoms. The number of anilines is 1. The predicted molar refractivity (Wildman–Crippen MR) is 85.3 cm³/mol. The number of aryl methyl sites for hydroxylation is 2. The fourth-order valence-electron chi connectivity index (χ4n) is 2.32. The zero-order valence-electron chi connectivity index (χ0n) is 12.6. The second kappa shape index (κ2) is 5.64. The summed E-state index contributed by atoms with van der Waals surface area (Å²) in [7, 11) is 0. The number of carbonyl (C=O) groups excluding carboxylic acids is 1. The Balaban J connectivity index is 2.06. The summed E-state index contributed by atoms with van der Waals surface area (Å²) in [6.07, 6.45) is 1.65. The molecule has 0 spiro atoms. The van der Waals surface area contributed by atoms with Gasteiger partial charge < -0.3 is 5.32 Å². The second-order valence-electron chi connectivity index (χ2n) is 5.28. The first-order valence-electron chi connectivity index (χ1n) is 7.02. The number of hydrogen-bond donors (Lipinski definition) is 1. The Morgan fingerprint density at radius 2 is 2.00 bits per heavy atom. The number of nitrogens with one attached hydrogen (secondary N) is 1. The third-order valence-corrected chi connectivity index (χ3v) is 3.48. The Labute approximate surface area is 131 Å². The molecule has 1 aromatic carbocycles. The van der Waals surface area contributed by atoms with Gasteiger partial charge in [-0.2, -0.15) is 0 Å². The number of pyridine rings is 1. The first-order valence-corrected chi connectivity index (χ1v) is 7.02. The lowest BCUT2D eigenvalue weighted by atomic mass is 10.2. The minimum absolute atomic E-state index is 0.0855. The lowest BCUT2D eigenvalue weighted by Gasteiger charge is -2.10. The van der Waals surface area contributed by atoms with E-state index in [0.717, 1.165) is 11.6 Å². The Bertz CT molecular complexity index is 979. The molecule has 0 radical (unpaired) electrons.